The molecular formula is C13H16FNO3. The lowest BCUT2D eigenvalue weighted by Crippen LogP contribution is -2.42. The number of morpholine rings is 1. The van der Waals surface area contributed by atoms with E-state index in [9.17, 15) is 9.18 Å². The van der Waals surface area contributed by atoms with Gasteiger partial charge < -0.3 is 14.4 Å². The van der Waals surface area contributed by atoms with Crippen molar-refractivity contribution in [3.8, 4) is 5.75 Å². The Bertz CT molecular complexity index is 425. The van der Waals surface area contributed by atoms with Gasteiger partial charge in [-0.25, -0.2) is 4.39 Å². The third-order valence-corrected chi connectivity index (χ3v) is 2.81. The summed E-state index contributed by atoms with van der Waals surface area (Å²) in [7, 11) is 2.02. The van der Waals surface area contributed by atoms with Gasteiger partial charge in [0, 0.05) is 24.7 Å². The molecule has 4 nitrogen and oxygen atoms in total. The van der Waals surface area contributed by atoms with Crippen LogP contribution in [0.3, 0.4) is 0 Å². The van der Waals surface area contributed by atoms with Gasteiger partial charge in [-0.05, 0) is 19.2 Å². The van der Waals surface area contributed by atoms with Crippen LogP contribution < -0.4 is 4.74 Å². The number of nitrogens with zero attached hydrogens (tertiary/aromatic N) is 1. The van der Waals surface area contributed by atoms with Crippen LogP contribution >= 0.6 is 0 Å². The zero-order valence-electron chi connectivity index (χ0n) is 10.3. The van der Waals surface area contributed by atoms with Crippen LogP contribution in [0.25, 0.3) is 0 Å². The zero-order valence-corrected chi connectivity index (χ0v) is 10.3. The van der Waals surface area contributed by atoms with Gasteiger partial charge in [0.15, 0.2) is 0 Å². The number of rotatable bonds is 4. The van der Waals surface area contributed by atoms with E-state index in [1.807, 2.05) is 7.05 Å². The lowest BCUT2D eigenvalue weighted by molar-refractivity contribution is -0.0403. The Kier molecular flexibility index (Phi) is 4.28. The summed E-state index contributed by atoms with van der Waals surface area (Å²) >= 11 is 0. The number of hydrogen-bond donors (Lipinski definition) is 0. The molecule has 1 saturated heterocycles. The molecule has 98 valence electrons. The van der Waals surface area contributed by atoms with E-state index < -0.39 is 5.82 Å². The third kappa shape index (κ3) is 3.51. The first-order chi connectivity index (χ1) is 8.67. The van der Waals surface area contributed by atoms with Crippen molar-refractivity contribution < 1.29 is 18.7 Å². The predicted molar refractivity (Wildman–Crippen MR) is 64.5 cm³/mol. The van der Waals surface area contributed by atoms with Crippen LogP contribution in [-0.2, 0) is 4.74 Å². The maximum atomic E-state index is 13.2. The Hall–Kier alpha value is -1.46. The second kappa shape index (κ2) is 5.93. The summed E-state index contributed by atoms with van der Waals surface area (Å²) in [5, 5.41) is 0. The maximum absolute atomic E-state index is 13.2. The van der Waals surface area contributed by atoms with Crippen molar-refractivity contribution in [3.05, 3.63) is 29.6 Å². The molecule has 1 aromatic carbocycles. The van der Waals surface area contributed by atoms with Crippen molar-refractivity contribution in [3.63, 3.8) is 0 Å². The summed E-state index contributed by atoms with van der Waals surface area (Å²) in [5.74, 6) is -0.120. The molecule has 1 atom stereocenters. The molecule has 18 heavy (non-hydrogen) atoms. The van der Waals surface area contributed by atoms with Crippen LogP contribution in [0.2, 0.25) is 0 Å². The molecule has 1 fully saturated rings. The highest BCUT2D eigenvalue weighted by atomic mass is 19.1. The Morgan fingerprint density at radius 2 is 2.39 bits per heavy atom. The van der Waals surface area contributed by atoms with Crippen LogP contribution in [-0.4, -0.2) is 50.6 Å². The average molecular weight is 253 g/mol. The number of hydrogen-bond acceptors (Lipinski definition) is 4. The number of carbonyl (C=O) groups is 1. The van der Waals surface area contributed by atoms with Gasteiger partial charge in [-0.1, -0.05) is 0 Å². The summed E-state index contributed by atoms with van der Waals surface area (Å²) in [5.41, 5.74) is 0.270. The average Bonchev–Trinajstić information content (AvgIpc) is 2.36. The van der Waals surface area contributed by atoms with Crippen molar-refractivity contribution in [2.75, 3.05) is 33.4 Å². The highest BCUT2D eigenvalue weighted by molar-refractivity contribution is 5.75. The number of benzene rings is 1. The Morgan fingerprint density at radius 1 is 1.56 bits per heavy atom. The highest BCUT2D eigenvalue weighted by Crippen LogP contribution is 2.16. The van der Waals surface area contributed by atoms with Gasteiger partial charge in [0.05, 0.1) is 6.61 Å². The van der Waals surface area contributed by atoms with Crippen LogP contribution in [0.5, 0.6) is 5.75 Å². The largest absolute Gasteiger partial charge is 0.491 e. The quantitative estimate of drug-likeness (QED) is 0.759. The molecule has 1 aliphatic rings. The fraction of sp³-hybridized carbons (Fsp3) is 0.462. The first-order valence-electron chi connectivity index (χ1n) is 5.86. The standard InChI is InChI=1S/C13H16FNO3/c1-15-2-3-17-13(7-15)9-18-12-5-10(8-16)4-11(14)6-12/h4-6,8,13H,2-3,7,9H2,1H3. The summed E-state index contributed by atoms with van der Waals surface area (Å²) in [4.78, 5) is 12.8. The molecule has 0 bridgehead atoms. The Morgan fingerprint density at radius 3 is 3.11 bits per heavy atom. The molecule has 5 heteroatoms. The van der Waals surface area contributed by atoms with E-state index in [2.05, 4.69) is 4.90 Å². The van der Waals surface area contributed by atoms with Gasteiger partial charge in [0.2, 0.25) is 0 Å². The van der Waals surface area contributed by atoms with Gasteiger partial charge in [0.25, 0.3) is 0 Å². The van der Waals surface area contributed by atoms with E-state index in [1.165, 1.54) is 18.2 Å². The topological polar surface area (TPSA) is 38.8 Å². The second-order valence-electron chi connectivity index (χ2n) is 4.40. The molecular weight excluding hydrogens is 237 g/mol. The summed E-state index contributed by atoms with van der Waals surface area (Å²) in [6.07, 6.45) is 0.576. The van der Waals surface area contributed by atoms with E-state index in [-0.39, 0.29) is 11.7 Å². The van der Waals surface area contributed by atoms with Gasteiger partial charge in [-0.2, -0.15) is 0 Å². The number of ether oxygens (including phenoxy) is 2. The normalized spacial score (nSPS) is 20.7. The molecule has 0 saturated carbocycles. The highest BCUT2D eigenvalue weighted by Gasteiger charge is 2.18. The van der Waals surface area contributed by atoms with E-state index in [0.717, 1.165) is 13.1 Å². The van der Waals surface area contributed by atoms with E-state index in [1.54, 1.807) is 0 Å². The zero-order chi connectivity index (χ0) is 13.0. The van der Waals surface area contributed by atoms with Crippen molar-refractivity contribution in [1.82, 2.24) is 4.90 Å². The molecule has 1 unspecified atom stereocenters. The monoisotopic (exact) mass is 253 g/mol. The number of halogens is 1. The first kappa shape index (κ1) is 13.0. The van der Waals surface area contributed by atoms with Crippen molar-refractivity contribution in [1.29, 1.82) is 0 Å². The van der Waals surface area contributed by atoms with Gasteiger partial charge in [-0.15, -0.1) is 0 Å². The fourth-order valence-electron chi connectivity index (χ4n) is 1.89. The first-order valence-corrected chi connectivity index (χ1v) is 5.86. The molecule has 0 radical (unpaired) electrons. The second-order valence-corrected chi connectivity index (χ2v) is 4.40. The molecule has 1 heterocycles. The molecule has 0 spiro atoms. The lowest BCUT2D eigenvalue weighted by Gasteiger charge is -2.29. The van der Waals surface area contributed by atoms with Gasteiger partial charge in [0.1, 0.15) is 30.6 Å². The molecule has 2 rings (SSSR count). The van der Waals surface area contributed by atoms with Crippen molar-refractivity contribution in [2.45, 2.75) is 6.10 Å². The minimum atomic E-state index is -0.476. The summed E-state index contributed by atoms with van der Waals surface area (Å²) < 4.78 is 24.2. The molecule has 1 aliphatic heterocycles. The lowest BCUT2D eigenvalue weighted by atomic mass is 10.2. The van der Waals surface area contributed by atoms with Gasteiger partial charge in [-0.3, -0.25) is 4.79 Å². The van der Waals surface area contributed by atoms with Crippen LogP contribution in [0, 0.1) is 5.82 Å². The minimum absolute atomic E-state index is 0.0216. The predicted octanol–water partition coefficient (Wildman–Crippen LogP) is 1.35. The Labute approximate surface area is 105 Å². The SMILES string of the molecule is CN1CCOC(COc2cc(F)cc(C=O)c2)C1. The molecule has 0 aliphatic carbocycles. The van der Waals surface area contributed by atoms with Crippen molar-refractivity contribution in [2.24, 2.45) is 0 Å². The Balaban J connectivity index is 1.93. The molecule has 1 aromatic rings. The number of aldehydes is 1. The fourth-order valence-corrected chi connectivity index (χ4v) is 1.89. The number of carbonyl (C=O) groups excluding carboxylic acids is 1. The smallest absolute Gasteiger partial charge is 0.150 e. The summed E-state index contributed by atoms with van der Waals surface area (Å²) in [6, 6.07) is 3.95. The van der Waals surface area contributed by atoms with Crippen LogP contribution in [0.1, 0.15) is 10.4 Å². The van der Waals surface area contributed by atoms with E-state index in [4.69, 9.17) is 9.47 Å². The molecule has 0 N–H and O–H groups in total. The summed E-state index contributed by atoms with van der Waals surface area (Å²) in [6.45, 7) is 2.72. The van der Waals surface area contributed by atoms with E-state index in [0.29, 0.717) is 25.2 Å². The number of likely N-dealkylation sites (N-methyl/N-ethyl adjacent to an activating group) is 1. The van der Waals surface area contributed by atoms with E-state index >= 15 is 0 Å². The minimum Gasteiger partial charge on any atom is -0.491 e. The molecule has 0 aromatic heterocycles. The molecule has 0 amide bonds. The maximum Gasteiger partial charge on any atom is 0.150 e. The van der Waals surface area contributed by atoms with Crippen LogP contribution in [0.15, 0.2) is 18.2 Å². The van der Waals surface area contributed by atoms with Gasteiger partial charge >= 0.3 is 0 Å². The third-order valence-electron chi connectivity index (χ3n) is 2.81. The van der Waals surface area contributed by atoms with Crippen molar-refractivity contribution >= 4 is 6.29 Å². The van der Waals surface area contributed by atoms with Crippen LogP contribution in [0.4, 0.5) is 4.39 Å².